The Hall–Kier alpha value is -2.87. The van der Waals surface area contributed by atoms with Crippen molar-refractivity contribution in [2.45, 2.75) is 13.5 Å². The van der Waals surface area contributed by atoms with E-state index in [4.69, 9.17) is 0 Å². The van der Waals surface area contributed by atoms with Gasteiger partial charge in [0.1, 0.15) is 11.6 Å². The van der Waals surface area contributed by atoms with Crippen LogP contribution in [0.15, 0.2) is 48.1 Å². The summed E-state index contributed by atoms with van der Waals surface area (Å²) in [5, 5.41) is 9.36. The molecule has 0 radical (unpaired) electrons. The van der Waals surface area contributed by atoms with E-state index in [0.29, 0.717) is 19.6 Å². The molecule has 0 bridgehead atoms. The third kappa shape index (κ3) is 3.95. The Morgan fingerprint density at radius 1 is 1.15 bits per heavy atom. The Morgan fingerprint density at radius 3 is 2.74 bits per heavy atom. The van der Waals surface area contributed by atoms with Gasteiger partial charge < -0.3 is 9.80 Å². The molecule has 140 valence electrons. The van der Waals surface area contributed by atoms with E-state index in [1.807, 2.05) is 39.4 Å². The molecule has 0 aliphatic carbocycles. The number of urea groups is 1. The van der Waals surface area contributed by atoms with Crippen LogP contribution in [0.5, 0.6) is 0 Å². The van der Waals surface area contributed by atoms with Crippen LogP contribution in [0.2, 0.25) is 0 Å². The summed E-state index contributed by atoms with van der Waals surface area (Å²) in [4.78, 5) is 22.4. The number of thiophene rings is 1. The van der Waals surface area contributed by atoms with Crippen LogP contribution >= 0.6 is 11.3 Å². The number of nitrogens with zero attached hydrogens (tertiary/aromatic N) is 5. The third-order valence-electron chi connectivity index (χ3n) is 4.69. The SMILES string of the molecule is Cc1cccnc1N1CCN(C(=O)Nc2ccnn2Cc2cccs2)CC1. The quantitative estimate of drug-likeness (QED) is 0.753. The van der Waals surface area contributed by atoms with Gasteiger partial charge in [-0.25, -0.2) is 14.5 Å². The van der Waals surface area contributed by atoms with E-state index < -0.39 is 0 Å². The van der Waals surface area contributed by atoms with Crippen LogP contribution < -0.4 is 10.2 Å². The van der Waals surface area contributed by atoms with E-state index >= 15 is 0 Å². The molecule has 2 amide bonds. The molecule has 4 heterocycles. The van der Waals surface area contributed by atoms with Crippen LogP contribution in [-0.2, 0) is 6.54 Å². The van der Waals surface area contributed by atoms with Crippen molar-refractivity contribution in [1.82, 2.24) is 19.7 Å². The minimum absolute atomic E-state index is 0.0830. The average molecular weight is 382 g/mol. The lowest BCUT2D eigenvalue weighted by atomic mass is 10.2. The smallest absolute Gasteiger partial charge is 0.323 e. The standard InChI is InChI=1S/C19H22N6OS/c1-15-4-2-7-20-18(15)23-9-11-24(12-10-23)19(26)22-17-6-8-21-25(17)14-16-5-3-13-27-16/h2-8,13H,9-12,14H2,1H3,(H,22,26). The molecule has 0 saturated carbocycles. The monoisotopic (exact) mass is 382 g/mol. The number of aryl methyl sites for hydroxylation is 1. The first-order valence-electron chi connectivity index (χ1n) is 8.97. The molecule has 7 nitrogen and oxygen atoms in total. The highest BCUT2D eigenvalue weighted by atomic mass is 32.1. The number of amides is 2. The molecule has 0 unspecified atom stereocenters. The van der Waals surface area contributed by atoms with Crippen LogP contribution in [0, 0.1) is 6.92 Å². The van der Waals surface area contributed by atoms with Crippen molar-refractivity contribution in [1.29, 1.82) is 0 Å². The first-order valence-corrected chi connectivity index (χ1v) is 9.85. The topological polar surface area (TPSA) is 66.3 Å². The molecule has 3 aromatic rings. The van der Waals surface area contributed by atoms with Gasteiger partial charge in [-0.1, -0.05) is 12.1 Å². The highest BCUT2D eigenvalue weighted by Crippen LogP contribution is 2.19. The van der Waals surface area contributed by atoms with E-state index in [9.17, 15) is 4.79 Å². The number of carbonyl (C=O) groups excluding carboxylic acids is 1. The molecular weight excluding hydrogens is 360 g/mol. The van der Waals surface area contributed by atoms with Crippen molar-refractivity contribution in [3.05, 3.63) is 58.5 Å². The normalized spacial score (nSPS) is 14.4. The summed E-state index contributed by atoms with van der Waals surface area (Å²) in [5.41, 5.74) is 1.16. The number of piperazine rings is 1. The summed E-state index contributed by atoms with van der Waals surface area (Å²) in [6.45, 7) is 5.62. The Morgan fingerprint density at radius 2 is 2.00 bits per heavy atom. The van der Waals surface area contributed by atoms with Crippen LogP contribution in [0.4, 0.5) is 16.4 Å². The Kier molecular flexibility index (Phi) is 5.06. The minimum Gasteiger partial charge on any atom is -0.353 e. The summed E-state index contributed by atoms with van der Waals surface area (Å²) in [5.74, 6) is 1.72. The second-order valence-corrected chi connectivity index (χ2v) is 7.53. The zero-order valence-corrected chi connectivity index (χ0v) is 16.0. The molecule has 1 fully saturated rings. The van der Waals surface area contributed by atoms with Crippen molar-refractivity contribution in [2.75, 3.05) is 36.4 Å². The van der Waals surface area contributed by atoms with Gasteiger partial charge in [-0.05, 0) is 30.0 Å². The summed E-state index contributed by atoms with van der Waals surface area (Å²) < 4.78 is 1.82. The van der Waals surface area contributed by atoms with Crippen molar-refractivity contribution in [3.63, 3.8) is 0 Å². The summed E-state index contributed by atoms with van der Waals surface area (Å²) in [7, 11) is 0. The Balaban J connectivity index is 1.35. The van der Waals surface area contributed by atoms with Crippen molar-refractivity contribution >= 4 is 29.0 Å². The number of nitrogens with one attached hydrogen (secondary N) is 1. The average Bonchev–Trinajstić information content (AvgIpc) is 3.35. The number of aromatic nitrogens is 3. The highest BCUT2D eigenvalue weighted by Gasteiger charge is 2.23. The van der Waals surface area contributed by atoms with Crippen molar-refractivity contribution in [2.24, 2.45) is 0 Å². The zero-order valence-electron chi connectivity index (χ0n) is 15.2. The van der Waals surface area contributed by atoms with Gasteiger partial charge in [0.2, 0.25) is 0 Å². The Labute approximate surface area is 162 Å². The van der Waals surface area contributed by atoms with Gasteiger partial charge in [0.15, 0.2) is 0 Å². The molecule has 1 aliphatic rings. The van der Waals surface area contributed by atoms with Gasteiger partial charge in [0.25, 0.3) is 0 Å². The maximum Gasteiger partial charge on any atom is 0.323 e. The van der Waals surface area contributed by atoms with Gasteiger partial charge in [0, 0.05) is 43.3 Å². The fraction of sp³-hybridized carbons (Fsp3) is 0.316. The molecule has 1 aliphatic heterocycles. The number of pyridine rings is 1. The maximum absolute atomic E-state index is 12.7. The summed E-state index contributed by atoms with van der Waals surface area (Å²) in [6.07, 6.45) is 3.53. The molecule has 1 saturated heterocycles. The van der Waals surface area contributed by atoms with Gasteiger partial charge in [-0.3, -0.25) is 5.32 Å². The van der Waals surface area contributed by atoms with E-state index in [-0.39, 0.29) is 6.03 Å². The lowest BCUT2D eigenvalue weighted by Crippen LogP contribution is -2.50. The van der Waals surface area contributed by atoms with E-state index in [2.05, 4.69) is 39.4 Å². The number of hydrogen-bond acceptors (Lipinski definition) is 5. The van der Waals surface area contributed by atoms with Crippen LogP contribution in [0.1, 0.15) is 10.4 Å². The molecule has 0 aromatic carbocycles. The second-order valence-electron chi connectivity index (χ2n) is 6.50. The van der Waals surface area contributed by atoms with E-state index in [0.717, 1.165) is 30.3 Å². The molecule has 3 aromatic heterocycles. The molecule has 1 N–H and O–H groups in total. The Bertz CT molecular complexity index is 899. The number of hydrogen-bond donors (Lipinski definition) is 1. The number of carbonyl (C=O) groups is 1. The third-order valence-corrected chi connectivity index (χ3v) is 5.55. The number of rotatable bonds is 4. The fourth-order valence-corrected chi connectivity index (χ4v) is 3.92. The first kappa shape index (κ1) is 17.5. The molecule has 0 spiro atoms. The maximum atomic E-state index is 12.7. The number of anilines is 2. The molecule has 8 heteroatoms. The molecule has 0 atom stereocenters. The molecular formula is C19H22N6OS. The van der Waals surface area contributed by atoms with E-state index in [1.54, 1.807) is 17.5 Å². The lowest BCUT2D eigenvalue weighted by Gasteiger charge is -2.35. The predicted octanol–water partition coefficient (Wildman–Crippen LogP) is 3.05. The lowest BCUT2D eigenvalue weighted by molar-refractivity contribution is 0.208. The molecule has 4 rings (SSSR count). The van der Waals surface area contributed by atoms with Crippen molar-refractivity contribution < 1.29 is 4.79 Å². The summed E-state index contributed by atoms with van der Waals surface area (Å²) in [6, 6.07) is 9.85. The zero-order chi connectivity index (χ0) is 18.6. The van der Waals surface area contributed by atoms with Crippen molar-refractivity contribution in [3.8, 4) is 0 Å². The predicted molar refractivity (Wildman–Crippen MR) is 107 cm³/mol. The van der Waals surface area contributed by atoms with Gasteiger partial charge in [0.05, 0.1) is 12.7 Å². The largest absolute Gasteiger partial charge is 0.353 e. The van der Waals surface area contributed by atoms with Gasteiger partial charge in [-0.2, -0.15) is 5.10 Å². The van der Waals surface area contributed by atoms with Gasteiger partial charge in [-0.15, -0.1) is 11.3 Å². The molecule has 27 heavy (non-hydrogen) atoms. The fourth-order valence-electron chi connectivity index (χ4n) is 3.23. The van der Waals surface area contributed by atoms with Gasteiger partial charge >= 0.3 is 6.03 Å². The first-order chi connectivity index (χ1) is 13.2. The van der Waals surface area contributed by atoms with Crippen LogP contribution in [-0.4, -0.2) is 51.9 Å². The van der Waals surface area contributed by atoms with Crippen LogP contribution in [0.25, 0.3) is 0 Å². The minimum atomic E-state index is -0.0830. The second kappa shape index (κ2) is 7.79. The van der Waals surface area contributed by atoms with Crippen LogP contribution in [0.3, 0.4) is 0 Å². The van der Waals surface area contributed by atoms with E-state index in [1.165, 1.54) is 4.88 Å². The highest BCUT2D eigenvalue weighted by molar-refractivity contribution is 7.09. The summed E-state index contributed by atoms with van der Waals surface area (Å²) >= 11 is 1.68.